The number of ether oxygens (including phenoxy) is 2. The van der Waals surface area contributed by atoms with Gasteiger partial charge < -0.3 is 9.47 Å². The highest BCUT2D eigenvalue weighted by molar-refractivity contribution is 5.89. The summed E-state index contributed by atoms with van der Waals surface area (Å²) < 4.78 is 11.2. The number of rotatable bonds is 8. The lowest BCUT2D eigenvalue weighted by Crippen LogP contribution is -2.24. The van der Waals surface area contributed by atoms with Gasteiger partial charge >= 0.3 is 0 Å². The molecule has 3 aromatic carbocycles. The van der Waals surface area contributed by atoms with Crippen molar-refractivity contribution < 1.29 is 14.3 Å². The molecule has 3 rings (SSSR count). The van der Waals surface area contributed by atoms with E-state index in [9.17, 15) is 4.79 Å². The highest BCUT2D eigenvalue weighted by atomic mass is 16.5. The fourth-order valence-electron chi connectivity index (χ4n) is 2.54. The molecule has 0 radical (unpaired) electrons. The van der Waals surface area contributed by atoms with Crippen LogP contribution in [0.2, 0.25) is 0 Å². The third-order valence-electron chi connectivity index (χ3n) is 3.78. The van der Waals surface area contributed by atoms with Crippen LogP contribution in [-0.2, 0) is 4.79 Å². The van der Waals surface area contributed by atoms with Crippen LogP contribution in [0.3, 0.4) is 0 Å². The van der Waals surface area contributed by atoms with Gasteiger partial charge in [-0.1, -0.05) is 61.2 Å². The van der Waals surface area contributed by atoms with Gasteiger partial charge in [0.05, 0.1) is 6.21 Å². The van der Waals surface area contributed by atoms with Gasteiger partial charge in [0.25, 0.3) is 5.91 Å². The second-order valence-electron chi connectivity index (χ2n) is 5.70. The minimum atomic E-state index is -0.344. The fourth-order valence-corrected chi connectivity index (χ4v) is 2.54. The first-order valence-electron chi connectivity index (χ1n) is 8.53. The smallest absolute Gasteiger partial charge is 0.277 e. The maximum atomic E-state index is 12.0. The number of benzene rings is 3. The van der Waals surface area contributed by atoms with Gasteiger partial charge in [0.15, 0.2) is 6.61 Å². The lowest BCUT2D eigenvalue weighted by molar-refractivity contribution is -0.123. The average molecular weight is 360 g/mol. The molecule has 27 heavy (non-hydrogen) atoms. The van der Waals surface area contributed by atoms with Crippen LogP contribution in [0.15, 0.2) is 84.5 Å². The first-order chi connectivity index (χ1) is 13.3. The average Bonchev–Trinajstić information content (AvgIpc) is 2.71. The number of carbonyl (C=O) groups is 1. The van der Waals surface area contributed by atoms with Crippen molar-refractivity contribution in [3.63, 3.8) is 0 Å². The first kappa shape index (κ1) is 18.2. The van der Waals surface area contributed by atoms with Gasteiger partial charge in [0.1, 0.15) is 18.1 Å². The monoisotopic (exact) mass is 360 g/mol. The second kappa shape index (κ2) is 9.20. The largest absolute Gasteiger partial charge is 0.489 e. The van der Waals surface area contributed by atoms with E-state index in [4.69, 9.17) is 9.47 Å². The normalized spacial score (nSPS) is 10.7. The van der Waals surface area contributed by atoms with E-state index >= 15 is 0 Å². The van der Waals surface area contributed by atoms with E-state index in [0.29, 0.717) is 18.1 Å². The number of carbonyl (C=O) groups excluding carboxylic acids is 1. The number of amides is 1. The van der Waals surface area contributed by atoms with E-state index in [2.05, 4.69) is 17.1 Å². The summed E-state index contributed by atoms with van der Waals surface area (Å²) in [6.07, 6.45) is 3.20. The predicted molar refractivity (Wildman–Crippen MR) is 107 cm³/mol. The van der Waals surface area contributed by atoms with Crippen LogP contribution in [0.4, 0.5) is 0 Å². The standard InChI is InChI=1S/C22H20N2O3/c1-2-14-26-20-12-6-4-9-18(20)15-23-24-22(25)16-27-21-13-7-10-17-8-3-5-11-19(17)21/h2-13,15H,1,14,16H2,(H,24,25)/b23-15+. The Morgan fingerprint density at radius 1 is 0.963 bits per heavy atom. The molecule has 1 N–H and O–H groups in total. The van der Waals surface area contributed by atoms with Gasteiger partial charge in [-0.15, -0.1) is 0 Å². The van der Waals surface area contributed by atoms with E-state index in [-0.39, 0.29) is 12.5 Å². The third kappa shape index (κ3) is 4.95. The first-order valence-corrected chi connectivity index (χ1v) is 8.53. The lowest BCUT2D eigenvalue weighted by atomic mass is 10.1. The van der Waals surface area contributed by atoms with Crippen molar-refractivity contribution in [2.75, 3.05) is 13.2 Å². The van der Waals surface area contributed by atoms with Gasteiger partial charge in [-0.05, 0) is 23.6 Å². The molecule has 0 aliphatic rings. The van der Waals surface area contributed by atoms with Gasteiger partial charge in [0, 0.05) is 10.9 Å². The summed E-state index contributed by atoms with van der Waals surface area (Å²) in [4.78, 5) is 12.0. The van der Waals surface area contributed by atoms with Crippen molar-refractivity contribution in [3.8, 4) is 11.5 Å². The molecule has 3 aromatic rings. The van der Waals surface area contributed by atoms with Crippen molar-refractivity contribution >= 4 is 22.9 Å². The number of hydrazone groups is 1. The molecule has 0 saturated heterocycles. The van der Waals surface area contributed by atoms with Crippen molar-refractivity contribution in [1.29, 1.82) is 0 Å². The van der Waals surface area contributed by atoms with Crippen LogP contribution in [0, 0.1) is 0 Å². The second-order valence-corrected chi connectivity index (χ2v) is 5.70. The van der Waals surface area contributed by atoms with E-state index in [1.54, 1.807) is 6.08 Å². The summed E-state index contributed by atoms with van der Waals surface area (Å²) in [7, 11) is 0. The number of para-hydroxylation sites is 1. The minimum Gasteiger partial charge on any atom is -0.489 e. The molecule has 0 fully saturated rings. The Hall–Kier alpha value is -3.60. The predicted octanol–water partition coefficient (Wildman–Crippen LogP) is 3.93. The van der Waals surface area contributed by atoms with E-state index in [0.717, 1.165) is 16.3 Å². The summed E-state index contributed by atoms with van der Waals surface area (Å²) in [5, 5.41) is 6.00. The van der Waals surface area contributed by atoms with E-state index < -0.39 is 0 Å². The molecule has 1 amide bonds. The molecular weight excluding hydrogens is 340 g/mol. The Morgan fingerprint density at radius 3 is 2.59 bits per heavy atom. The molecule has 0 spiro atoms. The molecule has 0 aromatic heterocycles. The molecule has 5 nitrogen and oxygen atoms in total. The molecular formula is C22H20N2O3. The number of fused-ring (bicyclic) bond motifs is 1. The Morgan fingerprint density at radius 2 is 1.70 bits per heavy atom. The van der Waals surface area contributed by atoms with Gasteiger partial charge in [-0.25, -0.2) is 5.43 Å². The van der Waals surface area contributed by atoms with Crippen LogP contribution in [0.5, 0.6) is 11.5 Å². The molecule has 0 atom stereocenters. The Bertz CT molecular complexity index is 961. The summed E-state index contributed by atoms with van der Waals surface area (Å²) in [5.41, 5.74) is 3.22. The lowest BCUT2D eigenvalue weighted by Gasteiger charge is -2.08. The van der Waals surface area contributed by atoms with Gasteiger partial charge in [-0.3, -0.25) is 4.79 Å². The van der Waals surface area contributed by atoms with Crippen molar-refractivity contribution in [2.24, 2.45) is 5.10 Å². The zero-order chi connectivity index (χ0) is 18.9. The molecule has 0 unspecified atom stereocenters. The highest BCUT2D eigenvalue weighted by Crippen LogP contribution is 2.24. The highest BCUT2D eigenvalue weighted by Gasteiger charge is 2.05. The Labute approximate surface area is 157 Å². The van der Waals surface area contributed by atoms with Crippen LogP contribution in [0.25, 0.3) is 10.8 Å². The Balaban J connectivity index is 1.57. The summed E-state index contributed by atoms with van der Waals surface area (Å²) >= 11 is 0. The number of nitrogens with zero attached hydrogens (tertiary/aromatic N) is 1. The molecule has 136 valence electrons. The number of hydrogen-bond donors (Lipinski definition) is 1. The van der Waals surface area contributed by atoms with E-state index in [1.807, 2.05) is 66.7 Å². The van der Waals surface area contributed by atoms with Crippen molar-refractivity contribution in [1.82, 2.24) is 5.43 Å². The topological polar surface area (TPSA) is 59.9 Å². The Kier molecular flexibility index (Phi) is 6.20. The minimum absolute atomic E-state index is 0.125. The summed E-state index contributed by atoms with van der Waals surface area (Å²) in [5.74, 6) is 0.987. The van der Waals surface area contributed by atoms with Crippen LogP contribution >= 0.6 is 0 Å². The quantitative estimate of drug-likeness (QED) is 0.376. The molecule has 0 aliphatic carbocycles. The third-order valence-corrected chi connectivity index (χ3v) is 3.78. The number of hydrogen-bond acceptors (Lipinski definition) is 4. The van der Waals surface area contributed by atoms with Crippen LogP contribution in [0.1, 0.15) is 5.56 Å². The maximum Gasteiger partial charge on any atom is 0.277 e. The van der Waals surface area contributed by atoms with Gasteiger partial charge in [0.2, 0.25) is 0 Å². The maximum absolute atomic E-state index is 12.0. The summed E-state index contributed by atoms with van der Waals surface area (Å²) in [6.45, 7) is 3.90. The van der Waals surface area contributed by atoms with Crippen LogP contribution in [-0.4, -0.2) is 25.3 Å². The SMILES string of the molecule is C=CCOc1ccccc1/C=N/NC(=O)COc1cccc2ccccc12. The van der Waals surface area contributed by atoms with Crippen molar-refractivity contribution in [2.45, 2.75) is 0 Å². The van der Waals surface area contributed by atoms with E-state index in [1.165, 1.54) is 6.21 Å². The molecule has 0 saturated carbocycles. The fraction of sp³-hybridized carbons (Fsp3) is 0.0909. The van der Waals surface area contributed by atoms with Crippen LogP contribution < -0.4 is 14.9 Å². The molecule has 5 heteroatoms. The molecule has 0 heterocycles. The zero-order valence-electron chi connectivity index (χ0n) is 14.8. The van der Waals surface area contributed by atoms with Crippen molar-refractivity contribution in [3.05, 3.63) is 84.9 Å². The van der Waals surface area contributed by atoms with Gasteiger partial charge in [-0.2, -0.15) is 5.10 Å². The summed E-state index contributed by atoms with van der Waals surface area (Å²) in [6, 6.07) is 21.0. The molecule has 0 aliphatic heterocycles. The number of nitrogens with one attached hydrogen (secondary N) is 1. The molecule has 0 bridgehead atoms. The zero-order valence-corrected chi connectivity index (χ0v) is 14.8.